The van der Waals surface area contributed by atoms with E-state index in [2.05, 4.69) is 0 Å². The van der Waals surface area contributed by atoms with Gasteiger partial charge in [0.15, 0.2) is 0 Å². The maximum atomic E-state index is 13.1. The Morgan fingerprint density at radius 2 is 1.89 bits per heavy atom. The molecular formula is C13H8ClF2NOS. The summed E-state index contributed by atoms with van der Waals surface area (Å²) in [5, 5.41) is -0.0727. The molecule has 0 aliphatic heterocycles. The Hall–Kier alpha value is -1.72. The highest BCUT2D eigenvalue weighted by molar-refractivity contribution is 7.80. The monoisotopic (exact) mass is 299 g/mol. The van der Waals surface area contributed by atoms with E-state index in [1.54, 1.807) is 0 Å². The molecule has 2 nitrogen and oxygen atoms in total. The number of ether oxygens (including phenoxy) is 1. The van der Waals surface area contributed by atoms with Crippen molar-refractivity contribution in [1.82, 2.24) is 0 Å². The second-order valence-electron chi connectivity index (χ2n) is 3.68. The van der Waals surface area contributed by atoms with Crippen LogP contribution in [0, 0.1) is 11.6 Å². The van der Waals surface area contributed by atoms with Crippen LogP contribution in [0.3, 0.4) is 0 Å². The van der Waals surface area contributed by atoms with Crippen LogP contribution in [-0.2, 0) is 0 Å². The van der Waals surface area contributed by atoms with Crippen LogP contribution in [-0.4, -0.2) is 4.99 Å². The van der Waals surface area contributed by atoms with Gasteiger partial charge in [0, 0.05) is 6.07 Å². The second-order valence-corrected chi connectivity index (χ2v) is 4.53. The zero-order chi connectivity index (χ0) is 14.0. The molecule has 0 fully saturated rings. The average Bonchev–Trinajstić information content (AvgIpc) is 2.36. The van der Waals surface area contributed by atoms with E-state index in [-0.39, 0.29) is 21.3 Å². The minimum atomic E-state index is -0.553. The fourth-order valence-corrected chi connectivity index (χ4v) is 1.78. The van der Waals surface area contributed by atoms with E-state index in [1.807, 2.05) is 0 Å². The smallest absolute Gasteiger partial charge is 0.142 e. The van der Waals surface area contributed by atoms with Gasteiger partial charge in [0.1, 0.15) is 28.1 Å². The summed E-state index contributed by atoms with van der Waals surface area (Å²) >= 11 is 10.5. The third kappa shape index (κ3) is 3.19. The normalized spacial score (nSPS) is 10.3. The topological polar surface area (TPSA) is 35.2 Å². The van der Waals surface area contributed by atoms with E-state index in [0.717, 1.165) is 0 Å². The number of benzene rings is 2. The Kier molecular flexibility index (Phi) is 3.97. The maximum absolute atomic E-state index is 13.1. The van der Waals surface area contributed by atoms with Crippen molar-refractivity contribution in [3.05, 3.63) is 58.6 Å². The summed E-state index contributed by atoms with van der Waals surface area (Å²) in [4.78, 5) is 0.00251. The highest BCUT2D eigenvalue weighted by atomic mass is 35.5. The molecule has 0 aliphatic rings. The largest absolute Gasteiger partial charge is 0.457 e. The Bertz CT molecular complexity index is 649. The Labute approximate surface area is 118 Å². The molecular weight excluding hydrogens is 292 g/mol. The standard InChI is InChI=1S/C13H8ClF2NOS/c14-10-6-8(2-3-11(10)16)18-12-4-1-7(15)5-9(12)13(17)19/h1-6H,(H2,17,19). The molecule has 0 spiro atoms. The summed E-state index contributed by atoms with van der Waals surface area (Å²) in [6, 6.07) is 7.64. The Balaban J connectivity index is 2.37. The van der Waals surface area contributed by atoms with E-state index in [4.69, 9.17) is 34.3 Å². The van der Waals surface area contributed by atoms with Crippen molar-refractivity contribution in [2.75, 3.05) is 0 Å². The van der Waals surface area contributed by atoms with Crippen molar-refractivity contribution in [3.8, 4) is 11.5 Å². The molecule has 0 saturated carbocycles. The van der Waals surface area contributed by atoms with E-state index in [9.17, 15) is 8.78 Å². The van der Waals surface area contributed by atoms with Gasteiger partial charge in [0.2, 0.25) is 0 Å². The molecule has 2 aromatic carbocycles. The van der Waals surface area contributed by atoms with Gasteiger partial charge in [-0.05, 0) is 30.3 Å². The predicted molar refractivity (Wildman–Crippen MR) is 73.8 cm³/mol. The Morgan fingerprint density at radius 1 is 1.16 bits per heavy atom. The van der Waals surface area contributed by atoms with Gasteiger partial charge in [0.25, 0.3) is 0 Å². The molecule has 0 radical (unpaired) electrons. The number of halogens is 3. The van der Waals surface area contributed by atoms with Crippen molar-refractivity contribution < 1.29 is 13.5 Å². The molecule has 2 N–H and O–H groups in total. The van der Waals surface area contributed by atoms with Crippen LogP contribution in [0.25, 0.3) is 0 Å². The van der Waals surface area contributed by atoms with Gasteiger partial charge < -0.3 is 10.5 Å². The summed E-state index contributed by atoms with van der Waals surface area (Å²) in [6.45, 7) is 0. The number of rotatable bonds is 3. The molecule has 0 bridgehead atoms. The molecule has 2 rings (SSSR count). The first-order valence-electron chi connectivity index (χ1n) is 5.19. The summed E-state index contributed by atoms with van der Waals surface area (Å²) in [6.07, 6.45) is 0. The number of hydrogen-bond acceptors (Lipinski definition) is 2. The van der Waals surface area contributed by atoms with E-state index in [0.29, 0.717) is 5.75 Å². The molecule has 0 aliphatic carbocycles. The van der Waals surface area contributed by atoms with E-state index < -0.39 is 11.6 Å². The minimum absolute atomic E-state index is 0.00251. The second kappa shape index (κ2) is 5.50. The summed E-state index contributed by atoms with van der Waals surface area (Å²) in [7, 11) is 0. The van der Waals surface area contributed by atoms with Crippen LogP contribution >= 0.6 is 23.8 Å². The molecule has 6 heteroatoms. The summed E-state index contributed by atoms with van der Waals surface area (Å²) in [5.41, 5.74) is 5.75. The quantitative estimate of drug-likeness (QED) is 0.869. The van der Waals surface area contributed by atoms with Crippen molar-refractivity contribution in [1.29, 1.82) is 0 Å². The van der Waals surface area contributed by atoms with E-state index in [1.165, 1.54) is 36.4 Å². The minimum Gasteiger partial charge on any atom is -0.457 e. The lowest BCUT2D eigenvalue weighted by Crippen LogP contribution is -2.11. The van der Waals surface area contributed by atoms with Crippen molar-refractivity contribution in [2.24, 2.45) is 5.73 Å². The molecule has 98 valence electrons. The molecule has 0 heterocycles. The molecule has 0 aromatic heterocycles. The van der Waals surface area contributed by atoms with Crippen LogP contribution in [0.5, 0.6) is 11.5 Å². The first kappa shape index (κ1) is 13.7. The van der Waals surface area contributed by atoms with Crippen LogP contribution < -0.4 is 10.5 Å². The van der Waals surface area contributed by atoms with Gasteiger partial charge in [-0.1, -0.05) is 23.8 Å². The van der Waals surface area contributed by atoms with Crippen molar-refractivity contribution >= 4 is 28.8 Å². The third-order valence-corrected chi connectivity index (χ3v) is 2.84. The fraction of sp³-hybridized carbons (Fsp3) is 0. The third-order valence-electron chi connectivity index (χ3n) is 2.33. The van der Waals surface area contributed by atoms with E-state index >= 15 is 0 Å². The van der Waals surface area contributed by atoms with Gasteiger partial charge >= 0.3 is 0 Å². The van der Waals surface area contributed by atoms with Crippen LogP contribution in [0.2, 0.25) is 5.02 Å². The highest BCUT2D eigenvalue weighted by Gasteiger charge is 2.10. The van der Waals surface area contributed by atoms with Crippen LogP contribution in [0.4, 0.5) is 8.78 Å². The summed E-state index contributed by atoms with van der Waals surface area (Å²) in [5.74, 6) is -0.456. The summed E-state index contributed by atoms with van der Waals surface area (Å²) < 4.78 is 31.6. The lowest BCUT2D eigenvalue weighted by atomic mass is 10.2. The maximum Gasteiger partial charge on any atom is 0.142 e. The average molecular weight is 300 g/mol. The van der Waals surface area contributed by atoms with Crippen molar-refractivity contribution in [3.63, 3.8) is 0 Å². The zero-order valence-corrected chi connectivity index (χ0v) is 11.1. The lowest BCUT2D eigenvalue weighted by Gasteiger charge is -2.10. The molecule has 0 unspecified atom stereocenters. The fourth-order valence-electron chi connectivity index (χ4n) is 1.45. The SMILES string of the molecule is NC(=S)c1cc(F)ccc1Oc1ccc(F)c(Cl)c1. The van der Waals surface area contributed by atoms with Gasteiger partial charge in [-0.3, -0.25) is 0 Å². The molecule has 0 amide bonds. The number of thiocarbonyl (C=S) groups is 1. The van der Waals surface area contributed by atoms with Gasteiger partial charge in [-0.2, -0.15) is 0 Å². The van der Waals surface area contributed by atoms with Crippen LogP contribution in [0.15, 0.2) is 36.4 Å². The van der Waals surface area contributed by atoms with Gasteiger partial charge in [-0.25, -0.2) is 8.78 Å². The molecule has 0 atom stereocenters. The van der Waals surface area contributed by atoms with Gasteiger partial charge in [0.05, 0.1) is 10.6 Å². The first-order chi connectivity index (χ1) is 8.97. The lowest BCUT2D eigenvalue weighted by molar-refractivity contribution is 0.477. The molecule has 2 aromatic rings. The Morgan fingerprint density at radius 3 is 2.53 bits per heavy atom. The van der Waals surface area contributed by atoms with Gasteiger partial charge in [-0.15, -0.1) is 0 Å². The zero-order valence-electron chi connectivity index (χ0n) is 9.49. The first-order valence-corrected chi connectivity index (χ1v) is 5.98. The highest BCUT2D eigenvalue weighted by Crippen LogP contribution is 2.28. The van der Waals surface area contributed by atoms with Crippen LogP contribution in [0.1, 0.15) is 5.56 Å². The number of nitrogens with two attached hydrogens (primary N) is 1. The van der Waals surface area contributed by atoms with Crippen molar-refractivity contribution in [2.45, 2.75) is 0 Å². The molecule has 19 heavy (non-hydrogen) atoms. The predicted octanol–water partition coefficient (Wildman–Crippen LogP) is 4.04. The number of hydrogen-bond donors (Lipinski definition) is 1. The molecule has 0 saturated heterocycles.